The minimum absolute atomic E-state index is 0. The fraction of sp³-hybridized carbons (Fsp3) is 0.314. The molecule has 4 rings (SSSR count). The zero-order valence-corrected chi connectivity index (χ0v) is 25.8. The van der Waals surface area contributed by atoms with Gasteiger partial charge in [0.15, 0.2) is 5.78 Å². The van der Waals surface area contributed by atoms with Gasteiger partial charge in [-0.05, 0) is 73.7 Å². The fourth-order valence-electron chi connectivity index (χ4n) is 6.01. The predicted octanol–water partition coefficient (Wildman–Crippen LogP) is 3.96. The quantitative estimate of drug-likeness (QED) is 0.168. The van der Waals surface area contributed by atoms with Gasteiger partial charge in [0.2, 0.25) is 0 Å². The maximum absolute atomic E-state index is 13.7. The van der Waals surface area contributed by atoms with Gasteiger partial charge in [0.05, 0.1) is 6.16 Å². The van der Waals surface area contributed by atoms with E-state index in [1.54, 1.807) is 0 Å². The summed E-state index contributed by atoms with van der Waals surface area (Å²) in [4.78, 5) is 25.2. The number of allylic oxidation sites excluding steroid dienone is 3. The highest BCUT2D eigenvalue weighted by Gasteiger charge is 2.44. The van der Waals surface area contributed by atoms with Crippen molar-refractivity contribution < 1.29 is 26.7 Å². The number of hydrogen-bond donors (Lipinski definition) is 0. The van der Waals surface area contributed by atoms with Crippen LogP contribution in [0.3, 0.4) is 0 Å². The summed E-state index contributed by atoms with van der Waals surface area (Å²) in [7, 11) is -2.04. The third-order valence-corrected chi connectivity index (χ3v) is 12.2. The lowest BCUT2D eigenvalue weighted by Gasteiger charge is -2.38. The summed E-state index contributed by atoms with van der Waals surface area (Å²) in [5.74, 6) is -0.0837. The number of hydrogen-bond acceptors (Lipinski definition) is 3. The number of carbonyl (C=O) groups is 2. The topological polar surface area (TPSA) is 43.4 Å². The van der Waals surface area contributed by atoms with Gasteiger partial charge < -0.3 is 17.1 Å². The molecular weight excluding hydrogens is 535 g/mol. The molecule has 0 heterocycles. The van der Waals surface area contributed by atoms with Gasteiger partial charge in [-0.15, -0.1) is 0 Å². The molecule has 3 aromatic rings. The minimum atomic E-state index is -2.04. The monoisotopic (exact) mass is 574 g/mol. The lowest BCUT2D eigenvalue weighted by molar-refractivity contribution is -0.147. The van der Waals surface area contributed by atoms with Crippen molar-refractivity contribution in [3.63, 3.8) is 0 Å². The molecular formula is C35H40ClO3P. The molecule has 0 saturated heterocycles. The highest BCUT2D eigenvalue weighted by atomic mass is 35.5. The molecule has 3 nitrogen and oxygen atoms in total. The SMILES string of the molecule is CC(=O)O[C@@H]1CC(C)=C(CC(=O)/C(C)=C/C[P+](c2ccccc2)(c2ccccc2)c2ccccc2)C(C)(C)C1.[Cl-]. The van der Waals surface area contributed by atoms with E-state index in [-0.39, 0.29) is 35.7 Å². The minimum Gasteiger partial charge on any atom is -1.00 e. The van der Waals surface area contributed by atoms with Crippen LogP contribution >= 0.6 is 7.26 Å². The highest BCUT2D eigenvalue weighted by Crippen LogP contribution is 2.55. The number of carbonyl (C=O) groups excluding carboxylic acids is 2. The Bertz CT molecular complexity index is 1260. The van der Waals surface area contributed by atoms with E-state index in [4.69, 9.17) is 4.74 Å². The summed E-state index contributed by atoms with van der Waals surface area (Å²) >= 11 is 0. The van der Waals surface area contributed by atoms with Crippen molar-refractivity contribution in [3.8, 4) is 0 Å². The van der Waals surface area contributed by atoms with Crippen molar-refractivity contribution in [1.82, 2.24) is 0 Å². The summed E-state index contributed by atoms with van der Waals surface area (Å²) < 4.78 is 5.53. The zero-order valence-electron chi connectivity index (χ0n) is 24.2. The first kappa shape index (κ1) is 31.5. The molecule has 0 saturated carbocycles. The molecule has 0 amide bonds. The molecule has 1 aliphatic carbocycles. The van der Waals surface area contributed by atoms with Crippen molar-refractivity contribution in [2.75, 3.05) is 6.16 Å². The number of Topliss-reactive ketones (excluding diaryl/α,β-unsaturated/α-hetero) is 1. The van der Waals surface area contributed by atoms with Crippen LogP contribution in [0.25, 0.3) is 0 Å². The van der Waals surface area contributed by atoms with Crippen molar-refractivity contribution in [2.45, 2.75) is 60.0 Å². The van der Waals surface area contributed by atoms with Gasteiger partial charge in [0, 0.05) is 19.8 Å². The van der Waals surface area contributed by atoms with Gasteiger partial charge in [0.1, 0.15) is 29.3 Å². The van der Waals surface area contributed by atoms with Gasteiger partial charge >= 0.3 is 5.97 Å². The van der Waals surface area contributed by atoms with Crippen molar-refractivity contribution >= 4 is 34.9 Å². The standard InChI is InChI=1S/C35H40O3P.ClH/c1-26(34(37)24-33-27(2)23-29(38-28(3)36)25-35(33,4)5)21-22-39(30-15-9-6-10-16-30,31-17-11-7-12-18-31)32-19-13-8-14-20-32;/h6-21,29H,22-25H2,1-5H3;1H/q+1;/p-1/b26-21+;/t29-;/m1./s1. The molecule has 1 atom stereocenters. The van der Waals surface area contributed by atoms with Gasteiger partial charge in [-0.2, -0.15) is 0 Å². The summed E-state index contributed by atoms with van der Waals surface area (Å²) in [5, 5.41) is 3.92. The van der Waals surface area contributed by atoms with Crippen LogP contribution in [0.15, 0.2) is 114 Å². The predicted molar refractivity (Wildman–Crippen MR) is 165 cm³/mol. The molecule has 0 spiro atoms. The first-order valence-corrected chi connectivity index (χ1v) is 15.7. The largest absolute Gasteiger partial charge is 1.00 e. The molecule has 0 aromatic heterocycles. The van der Waals surface area contributed by atoms with Crippen molar-refractivity contribution in [1.29, 1.82) is 0 Å². The second-order valence-electron chi connectivity index (χ2n) is 11.3. The molecule has 0 aliphatic heterocycles. The average Bonchev–Trinajstić information content (AvgIpc) is 2.92. The molecule has 0 N–H and O–H groups in total. The van der Waals surface area contributed by atoms with Crippen LogP contribution in [-0.2, 0) is 14.3 Å². The molecule has 0 fully saturated rings. The second kappa shape index (κ2) is 13.6. The molecule has 210 valence electrons. The van der Waals surface area contributed by atoms with Crippen LogP contribution in [0.5, 0.6) is 0 Å². The van der Waals surface area contributed by atoms with Gasteiger partial charge in [-0.3, -0.25) is 9.59 Å². The summed E-state index contributed by atoms with van der Waals surface area (Å²) in [6.45, 7) is 9.82. The summed E-state index contributed by atoms with van der Waals surface area (Å²) in [6, 6.07) is 32.3. The van der Waals surface area contributed by atoms with Crippen LogP contribution in [0.2, 0.25) is 0 Å². The van der Waals surface area contributed by atoms with Crippen molar-refractivity contribution in [3.05, 3.63) is 114 Å². The maximum Gasteiger partial charge on any atom is 0.302 e. The second-order valence-corrected chi connectivity index (χ2v) is 14.8. The zero-order chi connectivity index (χ0) is 28.0. The number of rotatable bonds is 9. The van der Waals surface area contributed by atoms with E-state index in [0.29, 0.717) is 12.8 Å². The molecule has 0 bridgehead atoms. The van der Waals surface area contributed by atoms with E-state index in [2.05, 4.69) is 118 Å². The Hall–Kier alpha value is -3.00. The van der Waals surface area contributed by atoms with E-state index in [9.17, 15) is 9.59 Å². The maximum atomic E-state index is 13.7. The van der Waals surface area contributed by atoms with Crippen LogP contribution in [0, 0.1) is 5.41 Å². The van der Waals surface area contributed by atoms with Gasteiger partial charge in [-0.25, -0.2) is 0 Å². The summed E-state index contributed by atoms with van der Waals surface area (Å²) in [5.41, 5.74) is 2.95. The highest BCUT2D eigenvalue weighted by molar-refractivity contribution is 7.95. The third-order valence-electron chi connectivity index (χ3n) is 7.98. The molecule has 5 heteroatoms. The van der Waals surface area contributed by atoms with E-state index in [1.165, 1.54) is 34.0 Å². The molecule has 0 radical (unpaired) electrons. The average molecular weight is 575 g/mol. The Balaban J connectivity index is 0.00000441. The van der Waals surface area contributed by atoms with E-state index >= 15 is 0 Å². The Labute approximate surface area is 246 Å². The Kier molecular flexibility index (Phi) is 10.7. The van der Waals surface area contributed by atoms with Crippen LogP contribution in [-0.4, -0.2) is 24.0 Å². The Morgan fingerprint density at radius 2 is 1.30 bits per heavy atom. The van der Waals surface area contributed by atoms with Crippen LogP contribution in [0.1, 0.15) is 53.9 Å². The normalized spacial score (nSPS) is 17.1. The molecule has 40 heavy (non-hydrogen) atoms. The van der Waals surface area contributed by atoms with Crippen LogP contribution < -0.4 is 28.3 Å². The lowest BCUT2D eigenvalue weighted by atomic mass is 9.69. The van der Waals surface area contributed by atoms with E-state index in [0.717, 1.165) is 18.2 Å². The fourth-order valence-corrected chi connectivity index (χ4v) is 10.1. The molecule has 3 aromatic carbocycles. The van der Waals surface area contributed by atoms with Crippen molar-refractivity contribution in [2.24, 2.45) is 5.41 Å². The van der Waals surface area contributed by atoms with Crippen LogP contribution in [0.4, 0.5) is 0 Å². The number of halogens is 1. The molecule has 0 unspecified atom stereocenters. The summed E-state index contributed by atoms with van der Waals surface area (Å²) in [6.07, 6.45) is 4.66. The first-order valence-electron chi connectivity index (χ1n) is 13.7. The van der Waals surface area contributed by atoms with Gasteiger partial charge in [0.25, 0.3) is 0 Å². The lowest BCUT2D eigenvalue weighted by Crippen LogP contribution is -3.00. The number of esters is 1. The number of benzene rings is 3. The number of ketones is 1. The third kappa shape index (κ3) is 7.00. The van der Waals surface area contributed by atoms with E-state index < -0.39 is 7.26 Å². The Morgan fingerprint density at radius 3 is 1.70 bits per heavy atom. The number of ether oxygens (including phenoxy) is 1. The smallest absolute Gasteiger partial charge is 0.302 e. The first-order chi connectivity index (χ1) is 18.6. The Morgan fingerprint density at radius 1 is 0.850 bits per heavy atom. The van der Waals surface area contributed by atoms with Gasteiger partial charge in [-0.1, -0.05) is 79.6 Å². The molecule has 1 aliphatic rings. The van der Waals surface area contributed by atoms with E-state index in [1.807, 2.05) is 6.92 Å².